The van der Waals surface area contributed by atoms with Crippen LogP contribution in [0.4, 0.5) is 5.69 Å². The third-order valence-corrected chi connectivity index (χ3v) is 4.22. The van der Waals surface area contributed by atoms with Gasteiger partial charge in [-0.3, -0.25) is 10.1 Å². The second kappa shape index (κ2) is 12.0. The maximum atomic E-state index is 12.3. The molecule has 0 unspecified atom stereocenters. The molecule has 0 heterocycles. The largest absolute Gasteiger partial charge is 0.494 e. The van der Waals surface area contributed by atoms with E-state index in [0.29, 0.717) is 18.8 Å². The number of unbranched alkanes of at least 4 members (excludes halogenated alkanes) is 3. The first-order valence-electron chi connectivity index (χ1n) is 9.70. The van der Waals surface area contributed by atoms with Gasteiger partial charge in [-0.25, -0.2) is 0 Å². The third kappa shape index (κ3) is 7.56. The summed E-state index contributed by atoms with van der Waals surface area (Å²) in [6.07, 6.45) is 4.66. The predicted octanol–water partition coefficient (Wildman–Crippen LogP) is 5.17. The van der Waals surface area contributed by atoms with Crippen LogP contribution < -0.4 is 20.1 Å². The van der Waals surface area contributed by atoms with E-state index in [1.165, 1.54) is 19.3 Å². The van der Waals surface area contributed by atoms with Gasteiger partial charge in [0, 0.05) is 17.3 Å². The maximum Gasteiger partial charge on any atom is 0.257 e. The summed E-state index contributed by atoms with van der Waals surface area (Å²) in [5, 5.41) is 5.94. The Morgan fingerprint density at radius 2 is 1.75 bits per heavy atom. The molecule has 1 amide bonds. The van der Waals surface area contributed by atoms with Crippen LogP contribution in [-0.2, 0) is 0 Å². The topological polar surface area (TPSA) is 59.6 Å². The van der Waals surface area contributed by atoms with Gasteiger partial charge in [0.25, 0.3) is 5.91 Å². The number of thiocarbonyl (C=S) groups is 1. The Bertz CT molecular complexity index is 763. The Kier molecular flexibility index (Phi) is 9.28. The van der Waals surface area contributed by atoms with E-state index >= 15 is 0 Å². The van der Waals surface area contributed by atoms with E-state index in [0.717, 1.165) is 23.6 Å². The molecular formula is C22H28N2O3S. The lowest BCUT2D eigenvalue weighted by Crippen LogP contribution is -2.34. The van der Waals surface area contributed by atoms with Crippen LogP contribution >= 0.6 is 12.2 Å². The van der Waals surface area contributed by atoms with Gasteiger partial charge in [-0.05, 0) is 62.0 Å². The highest BCUT2D eigenvalue weighted by Crippen LogP contribution is 2.18. The molecule has 0 atom stereocenters. The highest BCUT2D eigenvalue weighted by Gasteiger charge is 2.08. The normalized spacial score (nSPS) is 10.2. The maximum absolute atomic E-state index is 12.3. The van der Waals surface area contributed by atoms with E-state index in [2.05, 4.69) is 17.6 Å². The van der Waals surface area contributed by atoms with Crippen molar-refractivity contribution in [1.29, 1.82) is 0 Å². The second-order valence-corrected chi connectivity index (χ2v) is 6.71. The molecule has 0 aromatic heterocycles. The lowest BCUT2D eigenvalue weighted by molar-refractivity contribution is 0.0977. The molecule has 6 heteroatoms. The molecule has 0 aliphatic heterocycles. The van der Waals surface area contributed by atoms with Crippen molar-refractivity contribution in [2.24, 2.45) is 0 Å². The summed E-state index contributed by atoms with van der Waals surface area (Å²) in [6.45, 7) is 5.38. The number of nitrogens with one attached hydrogen (secondary N) is 2. The van der Waals surface area contributed by atoms with Crippen molar-refractivity contribution in [3.8, 4) is 11.5 Å². The Hall–Kier alpha value is -2.60. The van der Waals surface area contributed by atoms with E-state index in [4.69, 9.17) is 21.7 Å². The van der Waals surface area contributed by atoms with Crippen LogP contribution in [0.5, 0.6) is 11.5 Å². The first-order valence-corrected chi connectivity index (χ1v) is 10.1. The Morgan fingerprint density at radius 1 is 0.964 bits per heavy atom. The zero-order valence-corrected chi connectivity index (χ0v) is 17.3. The van der Waals surface area contributed by atoms with Crippen molar-refractivity contribution >= 4 is 28.9 Å². The van der Waals surface area contributed by atoms with Gasteiger partial charge >= 0.3 is 0 Å². The molecule has 0 fully saturated rings. The minimum Gasteiger partial charge on any atom is -0.494 e. The number of ether oxygens (including phenoxy) is 2. The van der Waals surface area contributed by atoms with E-state index in [9.17, 15) is 4.79 Å². The number of rotatable bonds is 10. The Balaban J connectivity index is 1.83. The number of anilines is 1. The van der Waals surface area contributed by atoms with Crippen molar-refractivity contribution in [2.45, 2.75) is 39.5 Å². The highest BCUT2D eigenvalue weighted by atomic mass is 32.1. The average molecular weight is 401 g/mol. The Labute approximate surface area is 172 Å². The molecular weight excluding hydrogens is 372 g/mol. The zero-order chi connectivity index (χ0) is 20.2. The molecule has 0 radical (unpaired) electrons. The van der Waals surface area contributed by atoms with Crippen molar-refractivity contribution in [2.75, 3.05) is 18.5 Å². The summed E-state index contributed by atoms with van der Waals surface area (Å²) >= 11 is 5.25. The number of benzene rings is 2. The molecule has 0 bridgehead atoms. The van der Waals surface area contributed by atoms with Crippen LogP contribution in [-0.4, -0.2) is 24.2 Å². The number of hydrogen-bond donors (Lipinski definition) is 2. The zero-order valence-electron chi connectivity index (χ0n) is 16.5. The van der Waals surface area contributed by atoms with Crippen LogP contribution in [0.25, 0.3) is 0 Å². The number of amides is 1. The SMILES string of the molecule is CCCCCCOc1cccc(NC(=S)NC(=O)c2ccc(OCC)cc2)c1. The van der Waals surface area contributed by atoms with E-state index in [1.807, 2.05) is 31.2 Å². The first kappa shape index (κ1) is 21.7. The summed E-state index contributed by atoms with van der Waals surface area (Å²) < 4.78 is 11.2. The minimum absolute atomic E-state index is 0.235. The highest BCUT2D eigenvalue weighted by molar-refractivity contribution is 7.80. The average Bonchev–Trinajstić information content (AvgIpc) is 2.69. The third-order valence-electron chi connectivity index (χ3n) is 4.01. The van der Waals surface area contributed by atoms with Gasteiger partial charge < -0.3 is 14.8 Å². The lowest BCUT2D eigenvalue weighted by atomic mass is 10.2. The summed E-state index contributed by atoms with van der Waals surface area (Å²) in [5.74, 6) is 1.23. The molecule has 0 saturated carbocycles. The smallest absolute Gasteiger partial charge is 0.257 e. The molecule has 2 N–H and O–H groups in total. The monoisotopic (exact) mass is 400 g/mol. The van der Waals surface area contributed by atoms with Gasteiger partial charge in [-0.2, -0.15) is 0 Å². The fourth-order valence-electron chi connectivity index (χ4n) is 2.59. The molecule has 0 aliphatic rings. The second-order valence-electron chi connectivity index (χ2n) is 6.30. The quantitative estimate of drug-likeness (QED) is 0.425. The molecule has 0 spiro atoms. The molecule has 2 aromatic carbocycles. The van der Waals surface area contributed by atoms with Gasteiger partial charge in [0.15, 0.2) is 5.11 Å². The van der Waals surface area contributed by atoms with Crippen molar-refractivity contribution in [1.82, 2.24) is 5.32 Å². The van der Waals surface area contributed by atoms with E-state index in [-0.39, 0.29) is 11.0 Å². The van der Waals surface area contributed by atoms with Crippen LogP contribution in [0.1, 0.15) is 49.9 Å². The van der Waals surface area contributed by atoms with Gasteiger partial charge in [0.05, 0.1) is 13.2 Å². The van der Waals surface area contributed by atoms with Crippen LogP contribution in [0, 0.1) is 0 Å². The fourth-order valence-corrected chi connectivity index (χ4v) is 2.80. The van der Waals surface area contributed by atoms with Gasteiger partial charge in [-0.15, -0.1) is 0 Å². The molecule has 5 nitrogen and oxygen atoms in total. The fraction of sp³-hybridized carbons (Fsp3) is 0.364. The van der Waals surface area contributed by atoms with E-state index < -0.39 is 0 Å². The summed E-state index contributed by atoms with van der Waals surface area (Å²) in [6, 6.07) is 14.5. The van der Waals surface area contributed by atoms with Gasteiger partial charge in [-0.1, -0.05) is 32.3 Å². The van der Waals surface area contributed by atoms with Gasteiger partial charge in [0.1, 0.15) is 11.5 Å². The van der Waals surface area contributed by atoms with E-state index in [1.54, 1.807) is 24.3 Å². The summed E-state index contributed by atoms with van der Waals surface area (Å²) in [5.41, 5.74) is 1.28. The minimum atomic E-state index is -0.274. The van der Waals surface area contributed by atoms with Gasteiger partial charge in [0.2, 0.25) is 0 Å². The first-order chi connectivity index (χ1) is 13.6. The Morgan fingerprint density at radius 3 is 2.46 bits per heavy atom. The van der Waals surface area contributed by atoms with Crippen molar-refractivity contribution in [3.05, 3.63) is 54.1 Å². The summed E-state index contributed by atoms with van der Waals surface area (Å²) in [7, 11) is 0. The van der Waals surface area contributed by atoms with Crippen molar-refractivity contribution < 1.29 is 14.3 Å². The number of hydrogen-bond acceptors (Lipinski definition) is 4. The summed E-state index contributed by atoms with van der Waals surface area (Å²) in [4.78, 5) is 12.3. The number of carbonyl (C=O) groups is 1. The lowest BCUT2D eigenvalue weighted by Gasteiger charge is -2.12. The molecule has 2 aromatic rings. The van der Waals surface area contributed by atoms with Crippen molar-refractivity contribution in [3.63, 3.8) is 0 Å². The standard InChI is InChI=1S/C22H28N2O3S/c1-3-5-6-7-15-27-20-10-8-9-18(16-20)23-22(28)24-21(25)17-11-13-19(14-12-17)26-4-2/h8-14,16H,3-7,15H2,1-2H3,(H2,23,24,25,28). The van der Waals surface area contributed by atoms with Crippen LogP contribution in [0.15, 0.2) is 48.5 Å². The van der Waals surface area contributed by atoms with Crippen LogP contribution in [0.3, 0.4) is 0 Å². The molecule has 0 saturated heterocycles. The molecule has 0 aliphatic carbocycles. The van der Waals surface area contributed by atoms with Crippen LogP contribution in [0.2, 0.25) is 0 Å². The molecule has 2 rings (SSSR count). The predicted molar refractivity (Wildman–Crippen MR) is 117 cm³/mol. The molecule has 150 valence electrons. The number of carbonyl (C=O) groups excluding carboxylic acids is 1. The molecule has 28 heavy (non-hydrogen) atoms.